The standard InChI is InChI=1S/C17H19F2N3O2/c1-2-4-14(20)16(23)22-10-11-5-3-8-21-17(11)24-15-7-6-12(18)9-13(15)19/h3,5-9,14H,2,4,10,20H2,1H3,(H,22,23)/t14-/m0/s1. The van der Waals surface area contributed by atoms with Crippen LogP contribution < -0.4 is 15.8 Å². The van der Waals surface area contributed by atoms with Gasteiger partial charge in [-0.05, 0) is 24.6 Å². The number of pyridine rings is 1. The van der Waals surface area contributed by atoms with Gasteiger partial charge in [-0.15, -0.1) is 0 Å². The van der Waals surface area contributed by atoms with Crippen molar-refractivity contribution in [2.45, 2.75) is 32.4 Å². The Kier molecular flexibility index (Phi) is 6.20. The molecule has 0 unspecified atom stereocenters. The number of halogens is 2. The molecule has 0 aliphatic heterocycles. The second kappa shape index (κ2) is 8.35. The van der Waals surface area contributed by atoms with Crippen molar-refractivity contribution in [3.8, 4) is 11.6 Å². The van der Waals surface area contributed by atoms with E-state index >= 15 is 0 Å². The number of ether oxygens (including phenoxy) is 1. The Balaban J connectivity index is 2.08. The van der Waals surface area contributed by atoms with Crippen molar-refractivity contribution >= 4 is 5.91 Å². The zero-order valence-electron chi connectivity index (χ0n) is 13.3. The van der Waals surface area contributed by atoms with Gasteiger partial charge in [0.05, 0.1) is 6.04 Å². The van der Waals surface area contributed by atoms with E-state index in [0.717, 1.165) is 18.6 Å². The third-order valence-corrected chi connectivity index (χ3v) is 3.34. The maximum absolute atomic E-state index is 13.7. The van der Waals surface area contributed by atoms with E-state index in [-0.39, 0.29) is 24.1 Å². The summed E-state index contributed by atoms with van der Waals surface area (Å²) in [5, 5.41) is 2.70. The van der Waals surface area contributed by atoms with Crippen LogP contribution in [-0.4, -0.2) is 16.9 Å². The Morgan fingerprint density at radius 1 is 1.38 bits per heavy atom. The first-order chi connectivity index (χ1) is 11.5. The van der Waals surface area contributed by atoms with Gasteiger partial charge in [-0.2, -0.15) is 0 Å². The summed E-state index contributed by atoms with van der Waals surface area (Å²) in [5.41, 5.74) is 6.30. The number of hydrogen-bond donors (Lipinski definition) is 2. The number of hydrogen-bond acceptors (Lipinski definition) is 4. The Bertz CT molecular complexity index is 710. The molecule has 0 saturated carbocycles. The minimum Gasteiger partial charge on any atom is -0.436 e. The van der Waals surface area contributed by atoms with Crippen LogP contribution in [0.4, 0.5) is 8.78 Å². The SMILES string of the molecule is CCC[C@H](N)C(=O)NCc1cccnc1Oc1ccc(F)cc1F. The molecular weight excluding hydrogens is 316 g/mol. The van der Waals surface area contributed by atoms with Crippen LogP contribution in [-0.2, 0) is 11.3 Å². The second-order valence-corrected chi connectivity index (χ2v) is 5.26. The number of nitrogens with two attached hydrogens (primary N) is 1. The monoisotopic (exact) mass is 335 g/mol. The molecule has 1 heterocycles. The molecule has 5 nitrogen and oxygen atoms in total. The van der Waals surface area contributed by atoms with Crippen molar-refractivity contribution in [1.82, 2.24) is 10.3 Å². The molecule has 0 saturated heterocycles. The smallest absolute Gasteiger partial charge is 0.237 e. The molecule has 7 heteroatoms. The number of aromatic nitrogens is 1. The van der Waals surface area contributed by atoms with Crippen LogP contribution in [0.15, 0.2) is 36.5 Å². The summed E-state index contributed by atoms with van der Waals surface area (Å²) in [4.78, 5) is 15.9. The highest BCUT2D eigenvalue weighted by atomic mass is 19.1. The van der Waals surface area contributed by atoms with Gasteiger partial charge in [0.1, 0.15) is 5.82 Å². The van der Waals surface area contributed by atoms with E-state index in [1.54, 1.807) is 12.1 Å². The topological polar surface area (TPSA) is 77.2 Å². The number of carbonyl (C=O) groups is 1. The summed E-state index contributed by atoms with van der Waals surface area (Å²) in [6.45, 7) is 2.08. The maximum Gasteiger partial charge on any atom is 0.237 e. The molecule has 0 aliphatic carbocycles. The van der Waals surface area contributed by atoms with Crippen LogP contribution in [0.5, 0.6) is 11.6 Å². The molecule has 1 aromatic carbocycles. The first kappa shape index (κ1) is 17.8. The fourth-order valence-corrected chi connectivity index (χ4v) is 2.07. The van der Waals surface area contributed by atoms with E-state index in [1.807, 2.05) is 6.92 Å². The van der Waals surface area contributed by atoms with Gasteiger partial charge in [-0.1, -0.05) is 19.4 Å². The highest BCUT2D eigenvalue weighted by Gasteiger charge is 2.14. The van der Waals surface area contributed by atoms with Gasteiger partial charge in [0, 0.05) is 24.4 Å². The Labute approximate surface area is 138 Å². The van der Waals surface area contributed by atoms with Gasteiger partial charge in [0.25, 0.3) is 0 Å². The van der Waals surface area contributed by atoms with E-state index in [4.69, 9.17) is 10.5 Å². The van der Waals surface area contributed by atoms with Crippen molar-refractivity contribution in [3.05, 3.63) is 53.7 Å². The number of nitrogens with zero attached hydrogens (tertiary/aromatic N) is 1. The minimum absolute atomic E-state index is 0.132. The average molecular weight is 335 g/mol. The molecule has 0 aliphatic rings. The lowest BCUT2D eigenvalue weighted by Crippen LogP contribution is -2.40. The van der Waals surface area contributed by atoms with Crippen molar-refractivity contribution in [3.63, 3.8) is 0 Å². The molecule has 1 atom stereocenters. The quantitative estimate of drug-likeness (QED) is 0.816. The van der Waals surface area contributed by atoms with Crippen molar-refractivity contribution in [2.75, 3.05) is 0 Å². The van der Waals surface area contributed by atoms with Crippen LogP contribution in [0.1, 0.15) is 25.3 Å². The maximum atomic E-state index is 13.7. The van der Waals surface area contributed by atoms with E-state index in [9.17, 15) is 13.6 Å². The molecule has 0 bridgehead atoms. The molecule has 0 spiro atoms. The molecule has 128 valence electrons. The number of carbonyl (C=O) groups excluding carboxylic acids is 1. The molecular formula is C17H19F2N3O2. The molecule has 2 aromatic rings. The first-order valence-electron chi connectivity index (χ1n) is 7.61. The van der Waals surface area contributed by atoms with Crippen LogP contribution in [0.2, 0.25) is 0 Å². The first-order valence-corrected chi connectivity index (χ1v) is 7.61. The van der Waals surface area contributed by atoms with Crippen LogP contribution in [0.3, 0.4) is 0 Å². The molecule has 2 rings (SSSR count). The Morgan fingerprint density at radius 2 is 2.17 bits per heavy atom. The van der Waals surface area contributed by atoms with Crippen molar-refractivity contribution < 1.29 is 18.3 Å². The van der Waals surface area contributed by atoms with Gasteiger partial charge in [0.2, 0.25) is 11.8 Å². The fraction of sp³-hybridized carbons (Fsp3) is 0.294. The highest BCUT2D eigenvalue weighted by Crippen LogP contribution is 2.25. The summed E-state index contributed by atoms with van der Waals surface area (Å²) in [5.74, 6) is -1.82. The minimum atomic E-state index is -0.833. The predicted molar refractivity (Wildman–Crippen MR) is 85.4 cm³/mol. The van der Waals surface area contributed by atoms with E-state index in [0.29, 0.717) is 12.0 Å². The second-order valence-electron chi connectivity index (χ2n) is 5.26. The van der Waals surface area contributed by atoms with E-state index < -0.39 is 17.7 Å². The lowest BCUT2D eigenvalue weighted by atomic mass is 10.1. The third-order valence-electron chi connectivity index (χ3n) is 3.34. The fourth-order valence-electron chi connectivity index (χ4n) is 2.07. The van der Waals surface area contributed by atoms with Crippen molar-refractivity contribution in [2.24, 2.45) is 5.73 Å². The summed E-state index contributed by atoms with van der Waals surface area (Å²) < 4.78 is 32.0. The van der Waals surface area contributed by atoms with Gasteiger partial charge in [0.15, 0.2) is 11.6 Å². The van der Waals surface area contributed by atoms with E-state index in [1.165, 1.54) is 12.3 Å². The normalized spacial score (nSPS) is 11.8. The third kappa shape index (κ3) is 4.73. The van der Waals surface area contributed by atoms with Gasteiger partial charge < -0.3 is 15.8 Å². The van der Waals surface area contributed by atoms with Gasteiger partial charge >= 0.3 is 0 Å². The lowest BCUT2D eigenvalue weighted by Gasteiger charge is -2.13. The number of rotatable bonds is 7. The average Bonchev–Trinajstić information content (AvgIpc) is 2.56. The zero-order chi connectivity index (χ0) is 17.5. The number of benzene rings is 1. The zero-order valence-corrected chi connectivity index (χ0v) is 13.3. The summed E-state index contributed by atoms with van der Waals surface area (Å²) in [6.07, 6.45) is 2.87. The van der Waals surface area contributed by atoms with Crippen LogP contribution in [0, 0.1) is 11.6 Å². The summed E-state index contributed by atoms with van der Waals surface area (Å²) in [6, 6.07) is 5.77. The molecule has 1 aromatic heterocycles. The van der Waals surface area contributed by atoms with E-state index in [2.05, 4.69) is 10.3 Å². The largest absolute Gasteiger partial charge is 0.436 e. The molecule has 1 amide bonds. The molecule has 0 radical (unpaired) electrons. The van der Waals surface area contributed by atoms with Gasteiger partial charge in [-0.25, -0.2) is 13.8 Å². The Morgan fingerprint density at radius 3 is 2.88 bits per heavy atom. The number of amides is 1. The highest BCUT2D eigenvalue weighted by molar-refractivity contribution is 5.81. The summed E-state index contributed by atoms with van der Waals surface area (Å²) >= 11 is 0. The molecule has 24 heavy (non-hydrogen) atoms. The van der Waals surface area contributed by atoms with Crippen LogP contribution >= 0.6 is 0 Å². The molecule has 3 N–H and O–H groups in total. The predicted octanol–water partition coefficient (Wildman–Crippen LogP) is 2.90. The van der Waals surface area contributed by atoms with Crippen molar-refractivity contribution in [1.29, 1.82) is 0 Å². The summed E-state index contributed by atoms with van der Waals surface area (Å²) in [7, 11) is 0. The van der Waals surface area contributed by atoms with Gasteiger partial charge in [-0.3, -0.25) is 4.79 Å². The lowest BCUT2D eigenvalue weighted by molar-refractivity contribution is -0.122. The number of nitrogens with one attached hydrogen (secondary N) is 1. The Hall–Kier alpha value is -2.54. The van der Waals surface area contributed by atoms with Crippen LogP contribution in [0.25, 0.3) is 0 Å². The molecule has 0 fully saturated rings.